The molecule has 1 heterocycles. The molecule has 0 fully saturated rings. The maximum atomic E-state index is 13.7. The lowest BCUT2D eigenvalue weighted by Gasteiger charge is -2.32. The molecule has 0 aliphatic carbocycles. The van der Waals surface area contributed by atoms with Crippen molar-refractivity contribution in [2.75, 3.05) is 19.0 Å². The van der Waals surface area contributed by atoms with Crippen LogP contribution in [0.15, 0.2) is 58.1 Å². The van der Waals surface area contributed by atoms with E-state index in [0.717, 1.165) is 5.69 Å². The molecule has 1 aliphatic heterocycles. The first-order chi connectivity index (χ1) is 13.0. The van der Waals surface area contributed by atoms with Crippen LogP contribution in [0, 0.1) is 0 Å². The first-order valence-corrected chi connectivity index (χ1v) is 9.07. The van der Waals surface area contributed by atoms with Crippen molar-refractivity contribution >= 4 is 33.2 Å². The first kappa shape index (κ1) is 20.3. The van der Waals surface area contributed by atoms with Gasteiger partial charge in [-0.25, -0.2) is 0 Å². The quantitative estimate of drug-likeness (QED) is 0.760. The molecule has 0 unspecified atom stereocenters. The van der Waals surface area contributed by atoms with E-state index in [1.54, 1.807) is 55.4 Å². The Hall–Kier alpha value is -2.39. The van der Waals surface area contributed by atoms with Gasteiger partial charge >= 0.3 is 6.18 Å². The summed E-state index contributed by atoms with van der Waals surface area (Å²) in [4.78, 5) is 14.6. The molecule has 1 atom stereocenters. The van der Waals surface area contributed by atoms with Gasteiger partial charge in [-0.1, -0.05) is 28.1 Å². The summed E-state index contributed by atoms with van der Waals surface area (Å²) in [7, 11) is 3.60. The Labute approximate surface area is 168 Å². The van der Waals surface area contributed by atoms with Crippen LogP contribution in [-0.2, 0) is 0 Å². The Morgan fingerprint density at radius 1 is 1.21 bits per heavy atom. The molecule has 0 saturated carbocycles. The number of nitrogens with zero attached hydrogens (tertiary/aromatic N) is 3. The molecule has 1 amide bonds. The molecule has 9 heteroatoms. The number of hydrogen-bond donors (Lipinski definition) is 1. The number of hydrogen-bond acceptors (Lipinski definition) is 4. The Bertz CT molecular complexity index is 929. The third-order valence-electron chi connectivity index (χ3n) is 4.42. The van der Waals surface area contributed by atoms with Crippen LogP contribution in [-0.4, -0.2) is 47.7 Å². The van der Waals surface area contributed by atoms with E-state index in [0.29, 0.717) is 10.0 Å². The highest BCUT2D eigenvalue weighted by molar-refractivity contribution is 9.10. The minimum absolute atomic E-state index is 0.00693. The zero-order valence-electron chi connectivity index (χ0n) is 15.0. The van der Waals surface area contributed by atoms with E-state index >= 15 is 0 Å². The third kappa shape index (κ3) is 3.64. The van der Waals surface area contributed by atoms with Gasteiger partial charge in [0.15, 0.2) is 0 Å². The topological polar surface area (TPSA) is 56.1 Å². The Morgan fingerprint density at radius 3 is 2.39 bits per heavy atom. The van der Waals surface area contributed by atoms with Crippen molar-refractivity contribution in [2.45, 2.75) is 18.3 Å². The van der Waals surface area contributed by atoms with Crippen LogP contribution < -0.4 is 4.90 Å². The lowest BCUT2D eigenvalue weighted by Crippen LogP contribution is -2.56. The smallest absolute Gasteiger partial charge is 0.378 e. The fourth-order valence-corrected chi connectivity index (χ4v) is 3.23. The molecular formula is C19H17BrF3N3O2. The molecule has 0 aromatic heterocycles. The van der Waals surface area contributed by atoms with E-state index in [-0.39, 0.29) is 16.3 Å². The van der Waals surface area contributed by atoms with Crippen LogP contribution in [0.3, 0.4) is 0 Å². The van der Waals surface area contributed by atoms with Gasteiger partial charge < -0.3 is 10.0 Å². The molecule has 0 saturated heterocycles. The number of alkyl halides is 3. The third-order valence-corrected chi connectivity index (χ3v) is 4.91. The summed E-state index contributed by atoms with van der Waals surface area (Å²) in [6.07, 6.45) is -5.93. The molecule has 5 nitrogen and oxygen atoms in total. The van der Waals surface area contributed by atoms with Crippen molar-refractivity contribution in [3.8, 4) is 0 Å². The van der Waals surface area contributed by atoms with E-state index in [9.17, 15) is 23.1 Å². The number of hydrazone groups is 1. The molecule has 28 heavy (non-hydrogen) atoms. The van der Waals surface area contributed by atoms with E-state index < -0.39 is 24.2 Å². The second-order valence-corrected chi connectivity index (χ2v) is 7.52. The standard InChI is InChI=1S/C19H17BrF3N3O2/c1-25(2)15-8-6-12(7-9-15)17(27)26-18(28,19(21,22)23)11-16(24-26)13-4-3-5-14(20)10-13/h3-10,28H,11H2,1-2H3/t18-/m1/s1. The van der Waals surface area contributed by atoms with Crippen LogP contribution in [0.4, 0.5) is 18.9 Å². The largest absolute Gasteiger partial charge is 0.438 e. The molecule has 0 bridgehead atoms. The lowest BCUT2D eigenvalue weighted by molar-refractivity contribution is -0.297. The molecule has 2 aromatic carbocycles. The summed E-state index contributed by atoms with van der Waals surface area (Å²) in [5, 5.41) is 14.4. The van der Waals surface area contributed by atoms with Crippen LogP contribution in [0.2, 0.25) is 0 Å². The monoisotopic (exact) mass is 455 g/mol. The van der Waals surface area contributed by atoms with Gasteiger partial charge in [0.1, 0.15) is 0 Å². The Morgan fingerprint density at radius 2 is 1.86 bits per heavy atom. The van der Waals surface area contributed by atoms with Gasteiger partial charge in [0.25, 0.3) is 11.6 Å². The molecule has 1 aliphatic rings. The van der Waals surface area contributed by atoms with Crippen molar-refractivity contribution < 1.29 is 23.1 Å². The van der Waals surface area contributed by atoms with E-state index in [2.05, 4.69) is 21.0 Å². The lowest BCUT2D eigenvalue weighted by atomic mass is 10.0. The molecule has 3 rings (SSSR count). The second-order valence-electron chi connectivity index (χ2n) is 6.61. The molecule has 0 radical (unpaired) electrons. The fraction of sp³-hybridized carbons (Fsp3) is 0.263. The molecule has 148 valence electrons. The van der Waals surface area contributed by atoms with Crippen LogP contribution in [0.25, 0.3) is 0 Å². The summed E-state index contributed by atoms with van der Waals surface area (Å²) in [6.45, 7) is 0. The number of aliphatic hydroxyl groups is 1. The highest BCUT2D eigenvalue weighted by Gasteiger charge is 2.63. The zero-order chi connectivity index (χ0) is 20.7. The summed E-state index contributed by atoms with van der Waals surface area (Å²) >= 11 is 3.25. The molecule has 0 spiro atoms. The van der Waals surface area contributed by atoms with Crippen molar-refractivity contribution in [3.05, 3.63) is 64.1 Å². The van der Waals surface area contributed by atoms with E-state index in [1.165, 1.54) is 12.1 Å². The number of amides is 1. The number of carbonyl (C=O) groups is 1. The maximum absolute atomic E-state index is 13.7. The summed E-state index contributed by atoms with van der Waals surface area (Å²) in [6, 6.07) is 12.5. The summed E-state index contributed by atoms with van der Waals surface area (Å²) in [5.41, 5.74) is -2.29. The van der Waals surface area contributed by atoms with Gasteiger partial charge in [-0.15, -0.1) is 0 Å². The Kier molecular flexibility index (Phi) is 5.24. The minimum atomic E-state index is -5.08. The van der Waals surface area contributed by atoms with Crippen LogP contribution >= 0.6 is 15.9 Å². The molecule has 1 N–H and O–H groups in total. The average molecular weight is 456 g/mol. The Balaban J connectivity index is 2.02. The summed E-state index contributed by atoms with van der Waals surface area (Å²) < 4.78 is 41.7. The van der Waals surface area contributed by atoms with Gasteiger partial charge in [-0.2, -0.15) is 23.3 Å². The maximum Gasteiger partial charge on any atom is 0.438 e. The second kappa shape index (κ2) is 7.21. The van der Waals surface area contributed by atoms with Gasteiger partial charge in [0, 0.05) is 29.8 Å². The van der Waals surface area contributed by atoms with Crippen LogP contribution in [0.1, 0.15) is 22.3 Å². The zero-order valence-corrected chi connectivity index (χ0v) is 16.6. The predicted octanol–water partition coefficient (Wildman–Crippen LogP) is 4.02. The normalized spacial score (nSPS) is 19.5. The fourth-order valence-electron chi connectivity index (χ4n) is 2.83. The predicted molar refractivity (Wildman–Crippen MR) is 103 cm³/mol. The number of rotatable bonds is 3. The minimum Gasteiger partial charge on any atom is -0.378 e. The van der Waals surface area contributed by atoms with E-state index in [1.807, 2.05) is 0 Å². The number of halogens is 4. The van der Waals surface area contributed by atoms with Gasteiger partial charge in [0.05, 0.1) is 12.1 Å². The van der Waals surface area contributed by atoms with Gasteiger partial charge in [-0.05, 0) is 42.0 Å². The van der Waals surface area contributed by atoms with E-state index in [4.69, 9.17) is 0 Å². The van der Waals surface area contributed by atoms with Gasteiger partial charge in [-0.3, -0.25) is 4.79 Å². The summed E-state index contributed by atoms with van der Waals surface area (Å²) in [5.74, 6) is -1.03. The number of anilines is 1. The number of carbonyl (C=O) groups excluding carboxylic acids is 1. The van der Waals surface area contributed by atoms with Crippen molar-refractivity contribution in [1.29, 1.82) is 0 Å². The SMILES string of the molecule is CN(C)c1ccc(C(=O)N2N=C(c3cccc(Br)c3)C[C@@]2(O)C(F)(F)F)cc1. The highest BCUT2D eigenvalue weighted by atomic mass is 79.9. The van der Waals surface area contributed by atoms with Crippen LogP contribution in [0.5, 0.6) is 0 Å². The molecular weight excluding hydrogens is 439 g/mol. The van der Waals surface area contributed by atoms with Crippen molar-refractivity contribution in [1.82, 2.24) is 5.01 Å². The number of benzene rings is 2. The average Bonchev–Trinajstić information content (AvgIpc) is 3.00. The molecule has 2 aromatic rings. The van der Waals surface area contributed by atoms with Crippen molar-refractivity contribution in [3.63, 3.8) is 0 Å². The first-order valence-electron chi connectivity index (χ1n) is 8.27. The van der Waals surface area contributed by atoms with Gasteiger partial charge in [0.2, 0.25) is 0 Å². The highest BCUT2D eigenvalue weighted by Crippen LogP contribution is 2.42. The van der Waals surface area contributed by atoms with Crippen molar-refractivity contribution in [2.24, 2.45) is 5.10 Å².